The van der Waals surface area contributed by atoms with Crippen molar-refractivity contribution < 1.29 is 13.2 Å². The molecular formula is C14H14F2N2O. The van der Waals surface area contributed by atoms with Crippen molar-refractivity contribution in [2.75, 3.05) is 10.6 Å². The molecule has 2 aromatic rings. The molecule has 0 bridgehead atoms. The number of halogens is 2. The highest BCUT2D eigenvalue weighted by molar-refractivity contribution is 5.57. The molecule has 100 valence electrons. The molecule has 5 heteroatoms. The Labute approximate surface area is 109 Å². The molecule has 0 aliphatic heterocycles. The smallest absolute Gasteiger partial charge is 0.151 e. The van der Waals surface area contributed by atoms with E-state index >= 15 is 0 Å². The summed E-state index contributed by atoms with van der Waals surface area (Å²) >= 11 is 0. The first kappa shape index (κ1) is 12.0. The van der Waals surface area contributed by atoms with E-state index in [1.54, 1.807) is 23.3 Å². The maximum atomic E-state index is 14.0. The predicted octanol–water partition coefficient (Wildman–Crippen LogP) is 3.31. The average Bonchev–Trinajstić information content (AvgIpc) is 3.05. The van der Waals surface area contributed by atoms with Crippen LogP contribution in [-0.2, 0) is 6.54 Å². The van der Waals surface area contributed by atoms with Gasteiger partial charge in [0.05, 0.1) is 12.8 Å². The quantitative estimate of drug-likeness (QED) is 0.861. The van der Waals surface area contributed by atoms with E-state index in [1.807, 2.05) is 0 Å². The Morgan fingerprint density at radius 1 is 1.26 bits per heavy atom. The fourth-order valence-electron chi connectivity index (χ4n) is 2.21. The van der Waals surface area contributed by atoms with Gasteiger partial charge in [-0.25, -0.2) is 8.78 Å². The number of nitrogens with zero attached hydrogens (tertiary/aromatic N) is 1. The number of hydrogen-bond acceptors (Lipinski definition) is 3. The number of rotatable bonds is 4. The molecule has 2 N–H and O–H groups in total. The SMILES string of the molecule is Nc1cc(F)c(N(Cc2ccco2)C2CC2)c(F)c1. The van der Waals surface area contributed by atoms with Crippen LogP contribution in [0.25, 0.3) is 0 Å². The number of nitrogen functional groups attached to an aromatic ring is 1. The van der Waals surface area contributed by atoms with Crippen molar-refractivity contribution in [2.24, 2.45) is 0 Å². The molecule has 1 aromatic heterocycles. The lowest BCUT2D eigenvalue weighted by molar-refractivity contribution is 0.493. The first-order valence-corrected chi connectivity index (χ1v) is 6.18. The molecule has 1 heterocycles. The average molecular weight is 264 g/mol. The molecule has 3 nitrogen and oxygen atoms in total. The second-order valence-corrected chi connectivity index (χ2v) is 4.77. The standard InChI is InChI=1S/C14H14F2N2O/c15-12-6-9(17)7-13(16)14(12)18(10-3-4-10)8-11-2-1-5-19-11/h1-2,5-7,10H,3-4,8,17H2. The van der Waals surface area contributed by atoms with Crippen LogP contribution in [0.15, 0.2) is 34.9 Å². The van der Waals surface area contributed by atoms with E-state index in [0.717, 1.165) is 25.0 Å². The Morgan fingerprint density at radius 2 is 1.95 bits per heavy atom. The van der Waals surface area contributed by atoms with Crippen LogP contribution in [0.2, 0.25) is 0 Å². The van der Waals surface area contributed by atoms with Crippen LogP contribution in [-0.4, -0.2) is 6.04 Å². The van der Waals surface area contributed by atoms with Crippen molar-refractivity contribution in [1.82, 2.24) is 0 Å². The van der Waals surface area contributed by atoms with Crippen molar-refractivity contribution in [1.29, 1.82) is 0 Å². The van der Waals surface area contributed by atoms with Crippen LogP contribution >= 0.6 is 0 Å². The lowest BCUT2D eigenvalue weighted by atomic mass is 10.2. The lowest BCUT2D eigenvalue weighted by Gasteiger charge is -2.24. The molecule has 1 saturated carbocycles. The summed E-state index contributed by atoms with van der Waals surface area (Å²) in [6.07, 6.45) is 3.42. The Balaban J connectivity index is 1.96. The van der Waals surface area contributed by atoms with Crippen LogP contribution < -0.4 is 10.6 Å². The molecule has 1 fully saturated rings. The van der Waals surface area contributed by atoms with E-state index in [4.69, 9.17) is 10.2 Å². The summed E-state index contributed by atoms with van der Waals surface area (Å²) in [5, 5.41) is 0. The Bertz CT molecular complexity index is 556. The van der Waals surface area contributed by atoms with Crippen LogP contribution in [0.1, 0.15) is 18.6 Å². The van der Waals surface area contributed by atoms with E-state index in [2.05, 4.69) is 0 Å². The lowest BCUT2D eigenvalue weighted by Crippen LogP contribution is -2.27. The zero-order valence-electron chi connectivity index (χ0n) is 10.3. The number of benzene rings is 1. The van der Waals surface area contributed by atoms with Gasteiger partial charge in [-0.15, -0.1) is 0 Å². The highest BCUT2D eigenvalue weighted by atomic mass is 19.1. The van der Waals surface area contributed by atoms with Crippen LogP contribution in [0.4, 0.5) is 20.2 Å². The van der Waals surface area contributed by atoms with E-state index in [-0.39, 0.29) is 17.4 Å². The third-order valence-corrected chi connectivity index (χ3v) is 3.22. The van der Waals surface area contributed by atoms with Gasteiger partial charge in [0.2, 0.25) is 0 Å². The summed E-state index contributed by atoms with van der Waals surface area (Å²) in [6.45, 7) is 0.357. The van der Waals surface area contributed by atoms with Gasteiger partial charge in [0, 0.05) is 11.7 Å². The van der Waals surface area contributed by atoms with Crippen molar-refractivity contribution in [3.8, 4) is 0 Å². The van der Waals surface area contributed by atoms with Gasteiger partial charge in [0.25, 0.3) is 0 Å². The van der Waals surface area contributed by atoms with Crippen molar-refractivity contribution in [3.63, 3.8) is 0 Å². The molecule has 19 heavy (non-hydrogen) atoms. The minimum Gasteiger partial charge on any atom is -0.467 e. The van der Waals surface area contributed by atoms with Crippen LogP contribution in [0.3, 0.4) is 0 Å². The van der Waals surface area contributed by atoms with Crippen molar-refractivity contribution >= 4 is 11.4 Å². The normalized spacial score (nSPS) is 14.6. The zero-order valence-corrected chi connectivity index (χ0v) is 10.3. The zero-order chi connectivity index (χ0) is 13.4. The molecule has 0 unspecified atom stereocenters. The van der Waals surface area contributed by atoms with Crippen molar-refractivity contribution in [2.45, 2.75) is 25.4 Å². The maximum absolute atomic E-state index is 14.0. The fraction of sp³-hybridized carbons (Fsp3) is 0.286. The van der Waals surface area contributed by atoms with Gasteiger partial charge >= 0.3 is 0 Å². The summed E-state index contributed by atoms with van der Waals surface area (Å²) in [5.41, 5.74) is 5.51. The second-order valence-electron chi connectivity index (χ2n) is 4.77. The highest BCUT2D eigenvalue weighted by Crippen LogP contribution is 2.36. The molecule has 0 spiro atoms. The molecule has 1 aromatic carbocycles. The van der Waals surface area contributed by atoms with E-state index in [0.29, 0.717) is 12.3 Å². The number of anilines is 2. The number of nitrogens with two attached hydrogens (primary N) is 1. The summed E-state index contributed by atoms with van der Waals surface area (Å²) < 4.78 is 33.2. The number of furan rings is 1. The minimum atomic E-state index is -0.629. The Morgan fingerprint density at radius 3 is 2.47 bits per heavy atom. The molecule has 0 radical (unpaired) electrons. The second kappa shape index (κ2) is 4.57. The Kier molecular flexibility index (Phi) is 2.89. The molecule has 0 amide bonds. The minimum absolute atomic E-state index is 0.0203. The first-order chi connectivity index (χ1) is 9.15. The first-order valence-electron chi connectivity index (χ1n) is 6.18. The Hall–Kier alpha value is -2.04. The molecule has 1 aliphatic carbocycles. The largest absolute Gasteiger partial charge is 0.467 e. The molecule has 3 rings (SSSR count). The molecular weight excluding hydrogens is 250 g/mol. The third-order valence-electron chi connectivity index (χ3n) is 3.22. The summed E-state index contributed by atoms with van der Waals surface area (Å²) in [6, 6.07) is 6.02. The molecule has 0 atom stereocenters. The van der Waals surface area contributed by atoms with E-state index in [9.17, 15) is 8.78 Å². The summed E-state index contributed by atoms with van der Waals surface area (Å²) in [7, 11) is 0. The third kappa shape index (κ3) is 2.41. The predicted molar refractivity (Wildman–Crippen MR) is 68.7 cm³/mol. The van der Waals surface area contributed by atoms with Gasteiger partial charge in [-0.3, -0.25) is 0 Å². The fourth-order valence-corrected chi connectivity index (χ4v) is 2.21. The van der Waals surface area contributed by atoms with E-state index < -0.39 is 11.6 Å². The van der Waals surface area contributed by atoms with Gasteiger partial charge in [-0.05, 0) is 37.1 Å². The summed E-state index contributed by atoms with van der Waals surface area (Å²) in [5.74, 6) is -0.575. The van der Waals surface area contributed by atoms with Gasteiger partial charge in [0.15, 0.2) is 11.6 Å². The van der Waals surface area contributed by atoms with Gasteiger partial charge in [-0.2, -0.15) is 0 Å². The van der Waals surface area contributed by atoms with E-state index in [1.165, 1.54) is 0 Å². The van der Waals surface area contributed by atoms with Gasteiger partial charge in [-0.1, -0.05) is 0 Å². The van der Waals surface area contributed by atoms with Crippen LogP contribution in [0, 0.1) is 11.6 Å². The van der Waals surface area contributed by atoms with Gasteiger partial charge < -0.3 is 15.1 Å². The van der Waals surface area contributed by atoms with Crippen molar-refractivity contribution in [3.05, 3.63) is 47.9 Å². The highest BCUT2D eigenvalue weighted by Gasteiger charge is 2.33. The van der Waals surface area contributed by atoms with Gasteiger partial charge in [0.1, 0.15) is 11.4 Å². The maximum Gasteiger partial charge on any atom is 0.151 e. The van der Waals surface area contributed by atoms with Crippen LogP contribution in [0.5, 0.6) is 0 Å². The number of hydrogen-bond donors (Lipinski definition) is 1. The molecule has 0 saturated heterocycles. The summed E-state index contributed by atoms with van der Waals surface area (Å²) in [4.78, 5) is 1.71. The topological polar surface area (TPSA) is 42.4 Å². The monoisotopic (exact) mass is 264 g/mol. The molecule has 1 aliphatic rings.